The van der Waals surface area contributed by atoms with Crippen LogP contribution in [0.4, 0.5) is 0 Å². The fourth-order valence-electron chi connectivity index (χ4n) is 4.05. The highest BCUT2D eigenvalue weighted by atomic mass is 32.1. The average molecular weight is 410 g/mol. The van der Waals surface area contributed by atoms with Crippen LogP contribution in [0, 0.1) is 0 Å². The third kappa shape index (κ3) is 3.35. The van der Waals surface area contributed by atoms with Gasteiger partial charge in [0.05, 0.1) is 15.8 Å². The fraction of sp³-hybridized carbons (Fsp3) is 0.148. The van der Waals surface area contributed by atoms with Crippen LogP contribution in [0.15, 0.2) is 78.9 Å². The first-order chi connectivity index (χ1) is 14.7. The molecule has 0 aliphatic heterocycles. The van der Waals surface area contributed by atoms with E-state index < -0.39 is 0 Å². The van der Waals surface area contributed by atoms with E-state index in [0.29, 0.717) is 0 Å². The summed E-state index contributed by atoms with van der Waals surface area (Å²) in [5.74, 6) is 0.273. The SMILES string of the molecule is CCCCc1cc(-c2cccc3ccccc23)c2nc(-c3ccccc3O)sc2c1. The molecule has 5 rings (SSSR count). The van der Waals surface area contributed by atoms with Gasteiger partial charge in [-0.15, -0.1) is 11.3 Å². The summed E-state index contributed by atoms with van der Waals surface area (Å²) in [7, 11) is 0. The maximum Gasteiger partial charge on any atom is 0.128 e. The van der Waals surface area contributed by atoms with Crippen LogP contribution in [0.3, 0.4) is 0 Å². The second kappa shape index (κ2) is 7.92. The molecule has 1 aromatic heterocycles. The molecule has 0 aliphatic carbocycles. The number of aryl methyl sites for hydroxylation is 1. The second-order valence-electron chi connectivity index (χ2n) is 7.66. The Morgan fingerprint density at radius 3 is 2.47 bits per heavy atom. The number of phenols is 1. The van der Waals surface area contributed by atoms with Crippen molar-refractivity contribution in [2.45, 2.75) is 26.2 Å². The Balaban J connectivity index is 1.78. The third-order valence-corrected chi connectivity index (χ3v) is 6.62. The lowest BCUT2D eigenvalue weighted by Crippen LogP contribution is -1.89. The van der Waals surface area contributed by atoms with Crippen molar-refractivity contribution in [3.8, 4) is 27.4 Å². The van der Waals surface area contributed by atoms with Gasteiger partial charge in [0.15, 0.2) is 0 Å². The summed E-state index contributed by atoms with van der Waals surface area (Å²) in [5.41, 5.74) is 5.53. The van der Waals surface area contributed by atoms with Gasteiger partial charge < -0.3 is 5.11 Å². The molecule has 0 unspecified atom stereocenters. The van der Waals surface area contributed by atoms with Crippen molar-refractivity contribution in [1.82, 2.24) is 4.98 Å². The first-order valence-electron chi connectivity index (χ1n) is 10.4. The van der Waals surface area contributed by atoms with Gasteiger partial charge in [-0.2, -0.15) is 0 Å². The summed E-state index contributed by atoms with van der Waals surface area (Å²) in [6.07, 6.45) is 3.41. The van der Waals surface area contributed by atoms with E-state index in [1.165, 1.54) is 45.0 Å². The third-order valence-electron chi connectivity index (χ3n) is 5.59. The Hall–Kier alpha value is -3.17. The predicted octanol–water partition coefficient (Wildman–Crippen LogP) is 7.83. The number of thiazole rings is 1. The lowest BCUT2D eigenvalue weighted by atomic mass is 9.95. The minimum atomic E-state index is 0.273. The van der Waals surface area contributed by atoms with Crippen molar-refractivity contribution < 1.29 is 5.11 Å². The van der Waals surface area contributed by atoms with Crippen molar-refractivity contribution in [1.29, 1.82) is 0 Å². The maximum atomic E-state index is 10.4. The number of benzene rings is 4. The van der Waals surface area contributed by atoms with E-state index in [1.807, 2.05) is 18.2 Å². The quantitative estimate of drug-likeness (QED) is 0.321. The minimum absolute atomic E-state index is 0.273. The van der Waals surface area contributed by atoms with Gasteiger partial charge in [-0.3, -0.25) is 0 Å². The largest absolute Gasteiger partial charge is 0.507 e. The Bertz CT molecular complexity index is 1350. The van der Waals surface area contributed by atoms with Gasteiger partial charge in [-0.25, -0.2) is 4.98 Å². The first kappa shape index (κ1) is 18.8. The zero-order valence-electron chi connectivity index (χ0n) is 16.9. The number of hydrogen-bond donors (Lipinski definition) is 1. The van der Waals surface area contributed by atoms with E-state index in [4.69, 9.17) is 4.98 Å². The minimum Gasteiger partial charge on any atom is -0.507 e. The monoisotopic (exact) mass is 409 g/mol. The topological polar surface area (TPSA) is 33.1 Å². The molecule has 0 amide bonds. The van der Waals surface area contributed by atoms with Crippen LogP contribution in [0.25, 0.3) is 42.7 Å². The summed E-state index contributed by atoms with van der Waals surface area (Å²) < 4.78 is 1.17. The standard InChI is InChI=1S/C27H23NOS/c1-2-3-9-18-16-23(21-14-8-11-19-10-4-5-12-20(19)21)26-25(17-18)30-27(28-26)22-13-6-7-15-24(22)29/h4-8,10-17,29H,2-3,9H2,1H3. The molecule has 1 N–H and O–H groups in total. The van der Waals surface area contributed by atoms with Crippen LogP contribution in [-0.2, 0) is 6.42 Å². The predicted molar refractivity (Wildman–Crippen MR) is 128 cm³/mol. The highest BCUT2D eigenvalue weighted by molar-refractivity contribution is 7.21. The number of nitrogens with zero attached hydrogens (tertiary/aromatic N) is 1. The number of para-hydroxylation sites is 1. The van der Waals surface area contributed by atoms with E-state index in [0.717, 1.165) is 22.5 Å². The molecule has 0 saturated carbocycles. The van der Waals surface area contributed by atoms with Gasteiger partial charge in [0.25, 0.3) is 0 Å². The smallest absolute Gasteiger partial charge is 0.128 e. The molecule has 0 fully saturated rings. The lowest BCUT2D eigenvalue weighted by Gasteiger charge is -2.10. The molecular weight excluding hydrogens is 386 g/mol. The first-order valence-corrected chi connectivity index (χ1v) is 11.3. The number of rotatable bonds is 5. The van der Waals surface area contributed by atoms with Crippen LogP contribution in [0.5, 0.6) is 5.75 Å². The maximum absolute atomic E-state index is 10.4. The number of fused-ring (bicyclic) bond motifs is 2. The Morgan fingerprint density at radius 2 is 1.60 bits per heavy atom. The van der Waals surface area contributed by atoms with Crippen LogP contribution < -0.4 is 0 Å². The number of aromatic nitrogens is 1. The van der Waals surface area contributed by atoms with Crippen molar-refractivity contribution in [3.05, 3.63) is 84.4 Å². The van der Waals surface area contributed by atoms with Gasteiger partial charge in [0, 0.05) is 5.56 Å². The molecule has 3 heteroatoms. The van der Waals surface area contributed by atoms with E-state index in [9.17, 15) is 5.11 Å². The molecule has 0 aliphatic rings. The zero-order valence-corrected chi connectivity index (χ0v) is 17.7. The molecule has 4 aromatic carbocycles. The Kier molecular flexibility index (Phi) is 4.97. The fourth-order valence-corrected chi connectivity index (χ4v) is 5.14. The Morgan fingerprint density at radius 1 is 0.833 bits per heavy atom. The van der Waals surface area contributed by atoms with Crippen LogP contribution in [0.2, 0.25) is 0 Å². The van der Waals surface area contributed by atoms with Gasteiger partial charge >= 0.3 is 0 Å². The molecule has 0 radical (unpaired) electrons. The van der Waals surface area contributed by atoms with E-state index in [1.54, 1.807) is 17.4 Å². The van der Waals surface area contributed by atoms with Gasteiger partial charge in [0.1, 0.15) is 10.8 Å². The molecule has 148 valence electrons. The van der Waals surface area contributed by atoms with Crippen LogP contribution >= 0.6 is 11.3 Å². The molecular formula is C27H23NOS. The molecule has 0 atom stereocenters. The molecule has 30 heavy (non-hydrogen) atoms. The number of unbranched alkanes of at least 4 members (excludes halogenated alkanes) is 1. The van der Waals surface area contributed by atoms with Gasteiger partial charge in [-0.05, 0) is 59.0 Å². The summed E-state index contributed by atoms with van der Waals surface area (Å²) in [4.78, 5) is 5.01. The normalized spacial score (nSPS) is 11.4. The van der Waals surface area contributed by atoms with E-state index >= 15 is 0 Å². The Labute approximate surface area is 180 Å². The molecule has 5 aromatic rings. The van der Waals surface area contributed by atoms with E-state index in [2.05, 4.69) is 61.5 Å². The highest BCUT2D eigenvalue weighted by Gasteiger charge is 2.16. The number of phenolic OH excluding ortho intramolecular Hbond substituents is 1. The van der Waals surface area contributed by atoms with E-state index in [-0.39, 0.29) is 5.75 Å². The van der Waals surface area contributed by atoms with Gasteiger partial charge in [0.2, 0.25) is 0 Å². The summed E-state index contributed by atoms with van der Waals surface area (Å²) >= 11 is 1.66. The lowest BCUT2D eigenvalue weighted by molar-refractivity contribution is 0.477. The van der Waals surface area contributed by atoms with Crippen LogP contribution in [0.1, 0.15) is 25.3 Å². The number of hydrogen-bond acceptors (Lipinski definition) is 3. The summed E-state index contributed by atoms with van der Waals surface area (Å²) in [6.45, 7) is 2.23. The second-order valence-corrected chi connectivity index (χ2v) is 8.69. The average Bonchev–Trinajstić information content (AvgIpc) is 3.21. The molecule has 0 saturated heterocycles. The molecule has 0 bridgehead atoms. The van der Waals surface area contributed by atoms with Crippen molar-refractivity contribution in [3.63, 3.8) is 0 Å². The van der Waals surface area contributed by atoms with Crippen LogP contribution in [-0.4, -0.2) is 10.1 Å². The summed E-state index contributed by atoms with van der Waals surface area (Å²) in [5, 5.41) is 13.7. The summed E-state index contributed by atoms with van der Waals surface area (Å²) in [6, 6.07) is 27.0. The van der Waals surface area contributed by atoms with Crippen molar-refractivity contribution >= 4 is 32.3 Å². The highest BCUT2D eigenvalue weighted by Crippen LogP contribution is 2.41. The van der Waals surface area contributed by atoms with Crippen molar-refractivity contribution in [2.75, 3.05) is 0 Å². The molecule has 2 nitrogen and oxygen atoms in total. The zero-order chi connectivity index (χ0) is 20.5. The molecule has 1 heterocycles. The van der Waals surface area contributed by atoms with Crippen molar-refractivity contribution in [2.24, 2.45) is 0 Å². The van der Waals surface area contributed by atoms with Gasteiger partial charge in [-0.1, -0.05) is 67.9 Å². The number of aromatic hydroxyl groups is 1. The molecule has 0 spiro atoms.